The van der Waals surface area contributed by atoms with Gasteiger partial charge in [-0.1, -0.05) is 0 Å². The van der Waals surface area contributed by atoms with Gasteiger partial charge in [-0.3, -0.25) is 4.40 Å². The molecule has 0 unspecified atom stereocenters. The maximum absolute atomic E-state index is 13.4. The van der Waals surface area contributed by atoms with Gasteiger partial charge < -0.3 is 0 Å². The molecule has 98 valence electrons. The van der Waals surface area contributed by atoms with Crippen LogP contribution in [0.1, 0.15) is 5.69 Å². The van der Waals surface area contributed by atoms with Crippen molar-refractivity contribution in [1.29, 1.82) is 0 Å². The van der Waals surface area contributed by atoms with E-state index >= 15 is 0 Å². The van der Waals surface area contributed by atoms with Crippen LogP contribution < -0.4 is 0 Å². The van der Waals surface area contributed by atoms with Crippen molar-refractivity contribution in [3.8, 4) is 0 Å². The number of imidazole rings is 1. The largest absolute Gasteiger partial charge is 0.459 e. The summed E-state index contributed by atoms with van der Waals surface area (Å²) in [5.74, 6) is -4.95. The monoisotopic (exact) mass is 440 g/mol. The van der Waals surface area contributed by atoms with Crippen LogP contribution in [0.3, 0.4) is 0 Å². The summed E-state index contributed by atoms with van der Waals surface area (Å²) in [6, 6.07) is 2.86. The molecule has 0 atom stereocenters. The van der Waals surface area contributed by atoms with Crippen molar-refractivity contribution in [3.63, 3.8) is 0 Å². The topological polar surface area (TPSA) is 17.3 Å². The molecule has 2 heterocycles. The molecule has 0 fully saturated rings. The van der Waals surface area contributed by atoms with Crippen molar-refractivity contribution in [2.45, 2.75) is 12.1 Å². The minimum absolute atomic E-state index is 0.0147. The molecule has 2 aromatic heterocycles. The SMILES string of the molecule is FC(F)(F)C(F)(F)c1c(I)nc2c(Br)cccn12. The number of hydrogen-bond donors (Lipinski definition) is 0. The third-order valence-electron chi connectivity index (χ3n) is 2.21. The Morgan fingerprint density at radius 1 is 1.22 bits per heavy atom. The Morgan fingerprint density at radius 3 is 2.39 bits per heavy atom. The van der Waals surface area contributed by atoms with E-state index in [1.165, 1.54) is 34.7 Å². The summed E-state index contributed by atoms with van der Waals surface area (Å²) in [6.45, 7) is 0. The van der Waals surface area contributed by atoms with Crippen molar-refractivity contribution < 1.29 is 22.0 Å². The highest BCUT2D eigenvalue weighted by atomic mass is 127. The molecule has 2 rings (SSSR count). The smallest absolute Gasteiger partial charge is 0.296 e. The molecular weight excluding hydrogens is 438 g/mol. The van der Waals surface area contributed by atoms with Gasteiger partial charge in [0.2, 0.25) is 0 Å². The molecular formula is C9H3BrF5IN2. The van der Waals surface area contributed by atoms with Crippen LogP contribution in [0.2, 0.25) is 0 Å². The van der Waals surface area contributed by atoms with E-state index in [2.05, 4.69) is 20.9 Å². The zero-order valence-electron chi connectivity index (χ0n) is 8.27. The van der Waals surface area contributed by atoms with E-state index in [4.69, 9.17) is 0 Å². The van der Waals surface area contributed by atoms with Gasteiger partial charge in [0.25, 0.3) is 0 Å². The molecule has 2 nitrogen and oxygen atoms in total. The lowest BCUT2D eigenvalue weighted by Gasteiger charge is -2.19. The standard InChI is InChI=1S/C9H3BrF5IN2/c10-4-2-1-3-18-5(6(16)17-7(4)18)8(11,12)9(13,14)15/h1-3H. The summed E-state index contributed by atoms with van der Waals surface area (Å²) in [7, 11) is 0. The second-order valence-corrected chi connectivity index (χ2v) is 5.25. The summed E-state index contributed by atoms with van der Waals surface area (Å²) in [5.41, 5.74) is -1.16. The number of fused-ring (bicyclic) bond motifs is 1. The maximum Gasteiger partial charge on any atom is 0.459 e. The molecule has 0 saturated heterocycles. The third kappa shape index (κ3) is 2.00. The molecule has 0 aliphatic heterocycles. The number of hydrogen-bond acceptors (Lipinski definition) is 1. The second kappa shape index (κ2) is 4.29. The van der Waals surface area contributed by atoms with E-state index in [1.54, 1.807) is 0 Å². The summed E-state index contributed by atoms with van der Waals surface area (Å²) in [4.78, 5) is 3.72. The highest BCUT2D eigenvalue weighted by Crippen LogP contribution is 2.45. The van der Waals surface area contributed by atoms with Crippen LogP contribution >= 0.6 is 38.5 Å². The summed E-state index contributed by atoms with van der Waals surface area (Å²) < 4.78 is 64.7. The van der Waals surface area contributed by atoms with Gasteiger partial charge in [0, 0.05) is 6.20 Å². The van der Waals surface area contributed by atoms with Gasteiger partial charge in [-0.05, 0) is 50.7 Å². The Labute approximate surface area is 119 Å². The lowest BCUT2D eigenvalue weighted by atomic mass is 10.2. The van der Waals surface area contributed by atoms with Crippen molar-refractivity contribution in [2.24, 2.45) is 0 Å². The lowest BCUT2D eigenvalue weighted by Crippen LogP contribution is -2.35. The molecule has 0 N–H and O–H groups in total. The fraction of sp³-hybridized carbons (Fsp3) is 0.222. The van der Waals surface area contributed by atoms with Crippen LogP contribution in [0.25, 0.3) is 5.65 Å². The predicted molar refractivity (Wildman–Crippen MR) is 65.6 cm³/mol. The molecule has 0 amide bonds. The van der Waals surface area contributed by atoms with Crippen LogP contribution in [-0.4, -0.2) is 15.6 Å². The fourth-order valence-corrected chi connectivity index (χ4v) is 2.68. The zero-order valence-corrected chi connectivity index (χ0v) is 12.0. The third-order valence-corrected chi connectivity index (χ3v) is 3.58. The first kappa shape index (κ1) is 14.0. The minimum atomic E-state index is -5.66. The summed E-state index contributed by atoms with van der Waals surface area (Å²) in [5, 5.41) is 0. The van der Waals surface area contributed by atoms with Crippen molar-refractivity contribution in [2.75, 3.05) is 0 Å². The molecule has 9 heteroatoms. The van der Waals surface area contributed by atoms with E-state index in [9.17, 15) is 22.0 Å². The van der Waals surface area contributed by atoms with Crippen molar-refractivity contribution in [3.05, 3.63) is 32.2 Å². The van der Waals surface area contributed by atoms with Gasteiger partial charge in [0.05, 0.1) is 4.47 Å². The van der Waals surface area contributed by atoms with Crippen LogP contribution in [0.4, 0.5) is 22.0 Å². The number of rotatable bonds is 1. The normalized spacial score (nSPS) is 13.3. The minimum Gasteiger partial charge on any atom is -0.296 e. The first-order valence-corrected chi connectivity index (χ1v) is 6.30. The predicted octanol–water partition coefficient (Wildman–Crippen LogP) is 4.36. The second-order valence-electron chi connectivity index (χ2n) is 3.37. The molecule has 0 aliphatic rings. The maximum atomic E-state index is 13.4. The van der Waals surface area contributed by atoms with Gasteiger partial charge >= 0.3 is 12.1 Å². The van der Waals surface area contributed by atoms with Gasteiger partial charge in [-0.15, -0.1) is 0 Å². The molecule has 0 aliphatic carbocycles. The molecule has 0 saturated carbocycles. The fourth-order valence-electron chi connectivity index (χ4n) is 1.42. The first-order chi connectivity index (χ1) is 8.16. The summed E-state index contributed by atoms with van der Waals surface area (Å²) >= 11 is 4.41. The Kier molecular flexibility index (Phi) is 3.33. The average molecular weight is 441 g/mol. The zero-order chi connectivity index (χ0) is 13.7. The molecule has 0 aromatic carbocycles. The Morgan fingerprint density at radius 2 is 1.83 bits per heavy atom. The molecule has 0 spiro atoms. The van der Waals surface area contributed by atoms with Gasteiger partial charge in [0.1, 0.15) is 9.39 Å². The van der Waals surface area contributed by atoms with Crippen LogP contribution in [0, 0.1) is 3.70 Å². The van der Waals surface area contributed by atoms with Gasteiger partial charge in [-0.2, -0.15) is 22.0 Å². The van der Waals surface area contributed by atoms with Gasteiger partial charge in [-0.25, -0.2) is 4.98 Å². The average Bonchev–Trinajstić information content (AvgIpc) is 2.54. The molecule has 0 bridgehead atoms. The Bertz CT molecular complexity index is 607. The molecule has 0 radical (unpaired) electrons. The number of halogens is 7. The van der Waals surface area contributed by atoms with E-state index in [0.29, 0.717) is 4.47 Å². The number of aromatic nitrogens is 2. The van der Waals surface area contributed by atoms with E-state index < -0.39 is 17.8 Å². The van der Waals surface area contributed by atoms with Crippen LogP contribution in [0.15, 0.2) is 22.8 Å². The van der Waals surface area contributed by atoms with Crippen LogP contribution in [-0.2, 0) is 5.92 Å². The molecule has 2 aromatic rings. The van der Waals surface area contributed by atoms with E-state index in [-0.39, 0.29) is 9.35 Å². The van der Waals surface area contributed by atoms with E-state index in [0.717, 1.165) is 10.6 Å². The quantitative estimate of drug-likeness (QED) is 0.476. The highest BCUT2D eigenvalue weighted by molar-refractivity contribution is 14.1. The van der Waals surface area contributed by atoms with Crippen LogP contribution in [0.5, 0.6) is 0 Å². The van der Waals surface area contributed by atoms with Crippen molar-refractivity contribution >= 4 is 44.2 Å². The molecule has 18 heavy (non-hydrogen) atoms. The highest BCUT2D eigenvalue weighted by Gasteiger charge is 2.61. The Hall–Kier alpha value is -0.450. The van der Waals surface area contributed by atoms with Crippen molar-refractivity contribution in [1.82, 2.24) is 9.38 Å². The van der Waals surface area contributed by atoms with E-state index in [1.807, 2.05) is 0 Å². The summed E-state index contributed by atoms with van der Waals surface area (Å²) in [6.07, 6.45) is -4.55. The number of nitrogens with zero attached hydrogens (tertiary/aromatic N) is 2. The lowest BCUT2D eigenvalue weighted by molar-refractivity contribution is -0.291. The number of pyridine rings is 1. The van der Waals surface area contributed by atoms with Gasteiger partial charge in [0.15, 0.2) is 5.65 Å². The number of alkyl halides is 5. The Balaban J connectivity index is 2.80. The first-order valence-electron chi connectivity index (χ1n) is 4.43.